The Morgan fingerprint density at radius 3 is 2.41 bits per heavy atom. The molecule has 1 aliphatic rings. The van der Waals surface area contributed by atoms with Crippen LogP contribution in [0.1, 0.15) is 37.8 Å². The third kappa shape index (κ3) is 4.29. The molecule has 186 valence electrons. The molecule has 0 radical (unpaired) electrons. The van der Waals surface area contributed by atoms with E-state index in [4.69, 9.17) is 10.1 Å². The number of hydrogen-bond donors (Lipinski definition) is 0. The van der Waals surface area contributed by atoms with E-state index in [1.165, 1.54) is 47.1 Å². The fourth-order valence-corrected chi connectivity index (χ4v) is 5.91. The van der Waals surface area contributed by atoms with Gasteiger partial charge in [0.25, 0.3) is 5.56 Å². The lowest BCUT2D eigenvalue weighted by Crippen LogP contribution is -2.20. The van der Waals surface area contributed by atoms with Crippen LogP contribution >= 0.6 is 11.3 Å². The van der Waals surface area contributed by atoms with E-state index in [9.17, 15) is 4.79 Å². The van der Waals surface area contributed by atoms with Crippen molar-refractivity contribution in [1.29, 1.82) is 0 Å². The molecule has 6 rings (SSSR count). The lowest BCUT2D eigenvalue weighted by Gasteiger charge is -2.14. The maximum atomic E-state index is 13.6. The van der Waals surface area contributed by atoms with Crippen LogP contribution in [0.25, 0.3) is 27.7 Å². The van der Waals surface area contributed by atoms with Gasteiger partial charge in [0.1, 0.15) is 0 Å². The summed E-state index contributed by atoms with van der Waals surface area (Å²) in [6, 6.07) is 24.5. The lowest BCUT2D eigenvalue weighted by atomic mass is 9.99. The van der Waals surface area contributed by atoms with Crippen molar-refractivity contribution in [3.05, 3.63) is 99.0 Å². The van der Waals surface area contributed by atoms with E-state index in [2.05, 4.69) is 47.8 Å². The van der Waals surface area contributed by atoms with Gasteiger partial charge in [0.05, 0.1) is 17.1 Å². The van der Waals surface area contributed by atoms with E-state index < -0.39 is 0 Å². The number of fused-ring (bicyclic) bond motifs is 1. The molecule has 0 spiro atoms. The zero-order valence-corrected chi connectivity index (χ0v) is 21.9. The first-order valence-electron chi connectivity index (χ1n) is 12.8. The molecule has 1 aliphatic carbocycles. The quantitative estimate of drug-likeness (QED) is 0.271. The number of nitrogens with zero attached hydrogens (tertiary/aromatic N) is 5. The van der Waals surface area contributed by atoms with Gasteiger partial charge < -0.3 is 0 Å². The fraction of sp³-hybridized carbons (Fsp3) is 0.233. The van der Waals surface area contributed by atoms with Crippen LogP contribution in [0, 0.1) is 6.92 Å². The Bertz CT molecular complexity index is 1740. The Balaban J connectivity index is 1.58. The van der Waals surface area contributed by atoms with Crippen molar-refractivity contribution in [2.75, 3.05) is 0 Å². The highest BCUT2D eigenvalue weighted by Crippen LogP contribution is 2.30. The summed E-state index contributed by atoms with van der Waals surface area (Å²) < 4.78 is 5.50. The monoisotopic (exact) mass is 507 g/mol. The molecule has 0 bridgehead atoms. The van der Waals surface area contributed by atoms with Crippen LogP contribution in [-0.4, -0.2) is 19.8 Å². The molecule has 7 heteroatoms. The lowest BCUT2D eigenvalue weighted by molar-refractivity contribution is 0.630. The first kappa shape index (κ1) is 23.4. The topological polar surface area (TPSA) is 56.6 Å². The van der Waals surface area contributed by atoms with E-state index in [1.807, 2.05) is 53.7 Å². The van der Waals surface area contributed by atoms with Crippen LogP contribution in [0.2, 0.25) is 0 Å². The van der Waals surface area contributed by atoms with Crippen LogP contribution in [0.5, 0.6) is 0 Å². The SMILES string of the molecule is Cc1c(N=c2scc(-c3cccc4ccccc34)n2N=C2CCCCC2)c(=O)n(-c2ccccc2)n1C. The number of hydrogen-bond acceptors (Lipinski definition) is 4. The maximum absolute atomic E-state index is 13.6. The number of aromatic nitrogens is 3. The summed E-state index contributed by atoms with van der Waals surface area (Å²) in [5, 5.41) is 9.61. The molecule has 5 aromatic rings. The summed E-state index contributed by atoms with van der Waals surface area (Å²) in [5.41, 5.74) is 5.24. The van der Waals surface area contributed by atoms with Gasteiger partial charge >= 0.3 is 0 Å². The van der Waals surface area contributed by atoms with Gasteiger partial charge in [-0.1, -0.05) is 67.1 Å². The molecular weight excluding hydrogens is 478 g/mol. The highest BCUT2D eigenvalue weighted by molar-refractivity contribution is 7.07. The van der Waals surface area contributed by atoms with Crippen molar-refractivity contribution in [3.8, 4) is 16.9 Å². The third-order valence-electron chi connectivity index (χ3n) is 7.15. The van der Waals surface area contributed by atoms with Crippen molar-refractivity contribution in [3.63, 3.8) is 0 Å². The predicted molar refractivity (Wildman–Crippen MR) is 152 cm³/mol. The maximum Gasteiger partial charge on any atom is 0.297 e. The first-order chi connectivity index (χ1) is 18.1. The highest BCUT2D eigenvalue weighted by Gasteiger charge is 2.18. The van der Waals surface area contributed by atoms with Crippen molar-refractivity contribution < 1.29 is 0 Å². The molecule has 6 nitrogen and oxygen atoms in total. The third-order valence-corrected chi connectivity index (χ3v) is 7.97. The fourth-order valence-electron chi connectivity index (χ4n) is 5.09. The Morgan fingerprint density at radius 2 is 1.59 bits per heavy atom. The minimum Gasteiger partial charge on any atom is -0.283 e. The van der Waals surface area contributed by atoms with E-state index in [0.29, 0.717) is 10.5 Å². The van der Waals surface area contributed by atoms with E-state index in [-0.39, 0.29) is 5.56 Å². The Hall–Kier alpha value is -3.97. The van der Waals surface area contributed by atoms with Gasteiger partial charge in [-0.3, -0.25) is 9.48 Å². The highest BCUT2D eigenvalue weighted by atomic mass is 32.1. The minimum atomic E-state index is -0.136. The largest absolute Gasteiger partial charge is 0.297 e. The number of benzene rings is 3. The molecule has 1 fully saturated rings. The van der Waals surface area contributed by atoms with Crippen LogP contribution in [-0.2, 0) is 7.05 Å². The standard InChI is InChI=1S/C30H29N5OS/c1-21-28(29(36)35(33(21)2)24-16-7-4-8-17-24)31-30-34(32-23-14-5-3-6-15-23)27(20-37-30)26-19-11-13-22-12-9-10-18-25(22)26/h4,7-13,16-20H,3,5-6,14-15H2,1-2H3. The van der Waals surface area contributed by atoms with Gasteiger partial charge in [0, 0.05) is 23.7 Å². The molecule has 2 heterocycles. The van der Waals surface area contributed by atoms with Gasteiger partial charge in [-0.15, -0.1) is 11.3 Å². The number of thiazole rings is 1. The van der Waals surface area contributed by atoms with Gasteiger partial charge in [0.15, 0.2) is 5.69 Å². The summed E-state index contributed by atoms with van der Waals surface area (Å²) >= 11 is 1.52. The molecular formula is C30H29N5OS. The molecule has 1 saturated carbocycles. The molecule has 2 aromatic heterocycles. The Kier molecular flexibility index (Phi) is 6.22. The average Bonchev–Trinajstić information content (AvgIpc) is 3.42. The summed E-state index contributed by atoms with van der Waals surface area (Å²) in [6.45, 7) is 1.94. The number of rotatable bonds is 4. The van der Waals surface area contributed by atoms with Crippen LogP contribution < -0.4 is 10.4 Å². The number of para-hydroxylation sites is 1. The Morgan fingerprint density at radius 1 is 0.865 bits per heavy atom. The summed E-state index contributed by atoms with van der Waals surface area (Å²) in [7, 11) is 1.90. The molecule has 3 aromatic carbocycles. The predicted octanol–water partition coefficient (Wildman–Crippen LogP) is 6.57. The zero-order chi connectivity index (χ0) is 25.4. The van der Waals surface area contributed by atoms with Crippen LogP contribution in [0.3, 0.4) is 0 Å². The zero-order valence-electron chi connectivity index (χ0n) is 21.1. The molecule has 0 saturated heterocycles. The van der Waals surface area contributed by atoms with Gasteiger partial charge in [-0.2, -0.15) is 5.10 Å². The van der Waals surface area contributed by atoms with Crippen molar-refractivity contribution >= 4 is 33.5 Å². The van der Waals surface area contributed by atoms with E-state index in [0.717, 1.165) is 35.5 Å². The van der Waals surface area contributed by atoms with Crippen molar-refractivity contribution in [2.45, 2.75) is 39.0 Å². The second-order valence-corrected chi connectivity index (χ2v) is 10.3. The van der Waals surface area contributed by atoms with Crippen molar-refractivity contribution in [1.82, 2.24) is 14.0 Å². The van der Waals surface area contributed by atoms with Crippen molar-refractivity contribution in [2.24, 2.45) is 17.1 Å². The van der Waals surface area contributed by atoms with E-state index in [1.54, 1.807) is 4.68 Å². The molecule has 0 N–H and O–H groups in total. The van der Waals surface area contributed by atoms with Crippen LogP contribution in [0.4, 0.5) is 5.69 Å². The Labute approximate surface area is 219 Å². The molecule has 0 amide bonds. The van der Waals surface area contributed by atoms with Gasteiger partial charge in [0.2, 0.25) is 4.80 Å². The molecule has 0 unspecified atom stereocenters. The summed E-state index contributed by atoms with van der Waals surface area (Å²) in [4.78, 5) is 19.2. The second-order valence-electron chi connectivity index (χ2n) is 9.49. The summed E-state index contributed by atoms with van der Waals surface area (Å²) in [5.74, 6) is 0. The molecule has 0 aliphatic heterocycles. The van der Waals surface area contributed by atoms with Gasteiger partial charge in [-0.25, -0.2) is 14.4 Å². The van der Waals surface area contributed by atoms with Crippen LogP contribution in [0.15, 0.2) is 93.1 Å². The average molecular weight is 508 g/mol. The van der Waals surface area contributed by atoms with Gasteiger partial charge in [-0.05, 0) is 55.5 Å². The first-order valence-corrected chi connectivity index (χ1v) is 13.6. The molecule has 0 atom stereocenters. The molecule has 37 heavy (non-hydrogen) atoms. The smallest absolute Gasteiger partial charge is 0.283 e. The normalized spacial score (nSPS) is 14.4. The minimum absolute atomic E-state index is 0.136. The second kappa shape index (κ2) is 9.82. The summed E-state index contributed by atoms with van der Waals surface area (Å²) in [6.07, 6.45) is 5.59. The van der Waals surface area contributed by atoms with E-state index >= 15 is 0 Å².